The highest BCUT2D eigenvalue weighted by Crippen LogP contribution is 2.20. The number of benzene rings is 2. The number of aryl methyl sites for hydroxylation is 1. The molecular formula is C16H13F2NO4. The van der Waals surface area contributed by atoms with Crippen LogP contribution in [0.25, 0.3) is 0 Å². The average Bonchev–Trinajstić information content (AvgIpc) is 2.51. The van der Waals surface area contributed by atoms with E-state index in [4.69, 9.17) is 4.74 Å². The fraction of sp³-hybridized carbons (Fsp3) is 0.125. The molecular weight excluding hydrogens is 308 g/mol. The van der Waals surface area contributed by atoms with Crippen LogP contribution in [0.3, 0.4) is 0 Å². The predicted molar refractivity (Wildman–Crippen MR) is 78.1 cm³/mol. The van der Waals surface area contributed by atoms with Gasteiger partial charge in [-0.05, 0) is 31.2 Å². The molecule has 7 heteroatoms. The normalized spacial score (nSPS) is 10.2. The fourth-order valence-corrected chi connectivity index (χ4v) is 1.81. The number of ether oxygens (including phenoxy) is 1. The molecule has 0 atom stereocenters. The van der Waals surface area contributed by atoms with Crippen molar-refractivity contribution in [1.29, 1.82) is 0 Å². The first-order chi connectivity index (χ1) is 10.9. The monoisotopic (exact) mass is 321 g/mol. The van der Waals surface area contributed by atoms with Crippen LogP contribution >= 0.6 is 0 Å². The lowest BCUT2D eigenvalue weighted by Gasteiger charge is -2.09. The standard InChI is InChI=1S/C16H13F2NO4/c1-9-5-6-13(20)10(7-9)16(22)23-8-14(21)19-15-11(17)3-2-4-12(15)18/h2-7,20H,8H2,1H3,(H,19,21). The molecule has 0 fully saturated rings. The van der Waals surface area contributed by atoms with Gasteiger partial charge in [0.05, 0.1) is 0 Å². The van der Waals surface area contributed by atoms with Gasteiger partial charge in [-0.25, -0.2) is 13.6 Å². The summed E-state index contributed by atoms with van der Waals surface area (Å²) >= 11 is 0. The van der Waals surface area contributed by atoms with Gasteiger partial charge in [-0.3, -0.25) is 4.79 Å². The number of phenols is 1. The number of aromatic hydroxyl groups is 1. The number of phenolic OH excluding ortho intramolecular Hbond substituents is 1. The van der Waals surface area contributed by atoms with Crippen molar-refractivity contribution in [3.63, 3.8) is 0 Å². The van der Waals surface area contributed by atoms with Crippen molar-refractivity contribution in [2.24, 2.45) is 0 Å². The molecule has 2 N–H and O–H groups in total. The van der Waals surface area contributed by atoms with E-state index < -0.39 is 35.8 Å². The van der Waals surface area contributed by atoms with Gasteiger partial charge in [-0.15, -0.1) is 0 Å². The molecule has 5 nitrogen and oxygen atoms in total. The Morgan fingerprint density at radius 1 is 1.17 bits per heavy atom. The number of esters is 1. The summed E-state index contributed by atoms with van der Waals surface area (Å²) in [6.07, 6.45) is 0. The number of nitrogens with one attached hydrogen (secondary N) is 1. The zero-order chi connectivity index (χ0) is 17.0. The molecule has 0 radical (unpaired) electrons. The van der Waals surface area contributed by atoms with Crippen LogP contribution in [0.15, 0.2) is 36.4 Å². The third-order valence-electron chi connectivity index (χ3n) is 2.93. The van der Waals surface area contributed by atoms with Crippen LogP contribution in [0, 0.1) is 18.6 Å². The molecule has 0 saturated heterocycles. The molecule has 120 valence electrons. The first-order valence-electron chi connectivity index (χ1n) is 6.59. The molecule has 0 spiro atoms. The van der Waals surface area contributed by atoms with Crippen LogP contribution < -0.4 is 5.32 Å². The maximum Gasteiger partial charge on any atom is 0.342 e. The highest BCUT2D eigenvalue weighted by Gasteiger charge is 2.16. The number of rotatable bonds is 4. The van der Waals surface area contributed by atoms with E-state index in [1.165, 1.54) is 12.1 Å². The SMILES string of the molecule is Cc1ccc(O)c(C(=O)OCC(=O)Nc2c(F)cccc2F)c1. The van der Waals surface area contributed by atoms with Gasteiger partial charge in [0.15, 0.2) is 6.61 Å². The summed E-state index contributed by atoms with van der Waals surface area (Å²) in [7, 11) is 0. The number of para-hydroxylation sites is 1. The Balaban J connectivity index is 1.99. The van der Waals surface area contributed by atoms with Crippen LogP contribution in [0.1, 0.15) is 15.9 Å². The van der Waals surface area contributed by atoms with E-state index in [0.717, 1.165) is 18.2 Å². The molecule has 0 heterocycles. The molecule has 0 aromatic heterocycles. The fourth-order valence-electron chi connectivity index (χ4n) is 1.81. The molecule has 0 unspecified atom stereocenters. The summed E-state index contributed by atoms with van der Waals surface area (Å²) < 4.78 is 31.5. The van der Waals surface area contributed by atoms with Crippen molar-refractivity contribution in [3.8, 4) is 5.75 Å². The predicted octanol–water partition coefficient (Wildman–Crippen LogP) is 2.77. The number of carbonyl (C=O) groups excluding carboxylic acids is 2. The van der Waals surface area contributed by atoms with Gasteiger partial charge in [0.25, 0.3) is 5.91 Å². The van der Waals surface area contributed by atoms with Crippen LogP contribution in [0.5, 0.6) is 5.75 Å². The van der Waals surface area contributed by atoms with Crippen molar-refractivity contribution >= 4 is 17.6 Å². The topological polar surface area (TPSA) is 75.6 Å². The van der Waals surface area contributed by atoms with Gasteiger partial charge in [0, 0.05) is 0 Å². The Morgan fingerprint density at radius 2 is 1.83 bits per heavy atom. The molecule has 1 amide bonds. The van der Waals surface area contributed by atoms with Crippen molar-refractivity contribution in [2.45, 2.75) is 6.92 Å². The minimum Gasteiger partial charge on any atom is -0.507 e. The second kappa shape index (κ2) is 6.87. The molecule has 23 heavy (non-hydrogen) atoms. The minimum absolute atomic E-state index is 0.102. The summed E-state index contributed by atoms with van der Waals surface area (Å²) in [6, 6.07) is 7.43. The van der Waals surface area contributed by atoms with E-state index in [0.29, 0.717) is 5.56 Å². The molecule has 0 saturated carbocycles. The zero-order valence-electron chi connectivity index (χ0n) is 12.1. The summed E-state index contributed by atoms with van der Waals surface area (Å²) in [5.74, 6) is -4.01. The molecule has 0 aliphatic heterocycles. The average molecular weight is 321 g/mol. The first-order valence-corrected chi connectivity index (χ1v) is 6.59. The van der Waals surface area contributed by atoms with Gasteiger partial charge >= 0.3 is 5.97 Å². The lowest BCUT2D eigenvalue weighted by atomic mass is 10.1. The Bertz CT molecular complexity index is 741. The van der Waals surface area contributed by atoms with E-state index in [9.17, 15) is 23.5 Å². The van der Waals surface area contributed by atoms with Gasteiger partial charge < -0.3 is 15.2 Å². The summed E-state index contributed by atoms with van der Waals surface area (Å²) in [6.45, 7) is 0.962. The maximum atomic E-state index is 13.4. The smallest absolute Gasteiger partial charge is 0.342 e. The summed E-state index contributed by atoms with van der Waals surface area (Å²) in [4.78, 5) is 23.4. The summed E-state index contributed by atoms with van der Waals surface area (Å²) in [5, 5.41) is 11.6. The second-order valence-electron chi connectivity index (χ2n) is 4.74. The van der Waals surface area contributed by atoms with E-state index in [1.807, 2.05) is 5.32 Å². The van der Waals surface area contributed by atoms with Gasteiger partial charge in [0.1, 0.15) is 28.6 Å². The Kier molecular flexibility index (Phi) is 4.90. The molecule has 0 bridgehead atoms. The van der Waals surface area contributed by atoms with Crippen molar-refractivity contribution in [2.75, 3.05) is 11.9 Å². The highest BCUT2D eigenvalue weighted by atomic mass is 19.1. The molecule has 0 aliphatic rings. The third kappa shape index (κ3) is 4.03. The van der Waals surface area contributed by atoms with Crippen molar-refractivity contribution in [3.05, 3.63) is 59.2 Å². The van der Waals surface area contributed by atoms with Gasteiger partial charge in [-0.2, -0.15) is 0 Å². The van der Waals surface area contributed by atoms with Gasteiger partial charge in [-0.1, -0.05) is 17.7 Å². The minimum atomic E-state index is -0.944. The van der Waals surface area contributed by atoms with E-state index in [-0.39, 0.29) is 11.3 Å². The largest absolute Gasteiger partial charge is 0.507 e. The van der Waals surface area contributed by atoms with Crippen LogP contribution in [-0.2, 0) is 9.53 Å². The number of halogens is 2. The lowest BCUT2D eigenvalue weighted by Crippen LogP contribution is -2.22. The highest BCUT2D eigenvalue weighted by molar-refractivity contribution is 5.96. The quantitative estimate of drug-likeness (QED) is 0.849. The number of carbonyl (C=O) groups is 2. The Labute approximate surface area is 130 Å². The van der Waals surface area contributed by atoms with E-state index in [2.05, 4.69) is 0 Å². The Hall–Kier alpha value is -2.96. The summed E-state index contributed by atoms with van der Waals surface area (Å²) in [5.41, 5.74) is -0.00514. The number of amides is 1. The van der Waals surface area contributed by atoms with Crippen LogP contribution in [0.2, 0.25) is 0 Å². The van der Waals surface area contributed by atoms with Crippen molar-refractivity contribution in [1.82, 2.24) is 0 Å². The number of hydrogen-bond donors (Lipinski definition) is 2. The molecule has 2 aromatic rings. The van der Waals surface area contributed by atoms with E-state index in [1.54, 1.807) is 13.0 Å². The zero-order valence-corrected chi connectivity index (χ0v) is 12.1. The second-order valence-corrected chi connectivity index (χ2v) is 4.74. The van der Waals surface area contributed by atoms with Crippen LogP contribution in [-0.4, -0.2) is 23.6 Å². The third-order valence-corrected chi connectivity index (χ3v) is 2.93. The Morgan fingerprint density at radius 3 is 2.48 bits per heavy atom. The van der Waals surface area contributed by atoms with Crippen molar-refractivity contribution < 1.29 is 28.2 Å². The van der Waals surface area contributed by atoms with Gasteiger partial charge in [0.2, 0.25) is 0 Å². The maximum absolute atomic E-state index is 13.4. The molecule has 2 aromatic carbocycles. The van der Waals surface area contributed by atoms with E-state index >= 15 is 0 Å². The number of anilines is 1. The molecule has 0 aliphatic carbocycles. The lowest BCUT2D eigenvalue weighted by molar-refractivity contribution is -0.119. The molecule has 2 rings (SSSR count). The number of hydrogen-bond acceptors (Lipinski definition) is 4. The van der Waals surface area contributed by atoms with Crippen LogP contribution in [0.4, 0.5) is 14.5 Å². The first kappa shape index (κ1) is 16.4.